The molecule has 0 aromatic heterocycles. The van der Waals surface area contributed by atoms with Crippen LogP contribution in [0.1, 0.15) is 53.8 Å². The molecule has 23 heavy (non-hydrogen) atoms. The van der Waals surface area contributed by atoms with Gasteiger partial charge >= 0.3 is 5.97 Å². The molecule has 2 amide bonds. The molecule has 0 bridgehead atoms. The van der Waals surface area contributed by atoms with Gasteiger partial charge in [-0.3, -0.25) is 9.59 Å². The normalized spacial score (nSPS) is 17.9. The zero-order valence-electron chi connectivity index (χ0n) is 13.4. The lowest BCUT2D eigenvalue weighted by atomic mass is 10.0. The summed E-state index contributed by atoms with van der Waals surface area (Å²) in [6.45, 7) is 4.20. The minimum Gasteiger partial charge on any atom is -0.480 e. The predicted octanol–water partition coefficient (Wildman–Crippen LogP) is 1.90. The van der Waals surface area contributed by atoms with Crippen LogP contribution in [0.3, 0.4) is 0 Å². The predicted molar refractivity (Wildman–Crippen MR) is 85.4 cm³/mol. The summed E-state index contributed by atoms with van der Waals surface area (Å²) in [7, 11) is 0. The Labute approximate surface area is 135 Å². The van der Waals surface area contributed by atoms with Crippen LogP contribution in [-0.2, 0) is 4.79 Å². The Morgan fingerprint density at radius 2 is 1.74 bits per heavy atom. The zero-order valence-corrected chi connectivity index (χ0v) is 13.4. The van der Waals surface area contributed by atoms with Gasteiger partial charge in [0.15, 0.2) is 0 Å². The van der Waals surface area contributed by atoms with Gasteiger partial charge in [-0.05, 0) is 57.4 Å². The summed E-state index contributed by atoms with van der Waals surface area (Å²) in [5, 5.41) is 12.0. The number of likely N-dealkylation sites (tertiary alicyclic amines) is 1. The van der Waals surface area contributed by atoms with E-state index >= 15 is 0 Å². The maximum absolute atomic E-state index is 12.5. The van der Waals surface area contributed by atoms with Crippen LogP contribution in [0, 0.1) is 0 Å². The van der Waals surface area contributed by atoms with Crippen LogP contribution in [0.25, 0.3) is 0 Å². The first-order valence-electron chi connectivity index (χ1n) is 7.85. The van der Waals surface area contributed by atoms with Crippen molar-refractivity contribution in [2.45, 2.75) is 45.2 Å². The van der Waals surface area contributed by atoms with Crippen molar-refractivity contribution < 1.29 is 19.5 Å². The molecule has 2 N–H and O–H groups in total. The first-order chi connectivity index (χ1) is 10.9. The molecule has 1 fully saturated rings. The van der Waals surface area contributed by atoms with Crippen LogP contribution in [-0.4, -0.2) is 46.4 Å². The van der Waals surface area contributed by atoms with E-state index in [-0.39, 0.29) is 17.9 Å². The van der Waals surface area contributed by atoms with Gasteiger partial charge in [0.1, 0.15) is 6.04 Å². The average molecular weight is 318 g/mol. The van der Waals surface area contributed by atoms with E-state index in [0.29, 0.717) is 24.1 Å². The van der Waals surface area contributed by atoms with E-state index < -0.39 is 12.0 Å². The van der Waals surface area contributed by atoms with E-state index in [4.69, 9.17) is 0 Å². The average Bonchev–Trinajstić information content (AvgIpc) is 2.53. The third-order valence-corrected chi connectivity index (χ3v) is 3.86. The molecule has 0 saturated carbocycles. The van der Waals surface area contributed by atoms with Crippen molar-refractivity contribution in [3.8, 4) is 0 Å². The Bertz CT molecular complexity index is 595. The van der Waals surface area contributed by atoms with E-state index in [9.17, 15) is 19.5 Å². The van der Waals surface area contributed by atoms with Crippen molar-refractivity contribution in [3.05, 3.63) is 35.4 Å². The number of nitrogens with one attached hydrogen (secondary N) is 1. The number of aliphatic carboxylic acids is 1. The molecule has 0 spiro atoms. The second-order valence-corrected chi connectivity index (χ2v) is 6.05. The number of benzene rings is 1. The molecule has 1 saturated heterocycles. The van der Waals surface area contributed by atoms with Crippen LogP contribution in [0.4, 0.5) is 0 Å². The van der Waals surface area contributed by atoms with Crippen LogP contribution in [0.5, 0.6) is 0 Å². The first kappa shape index (κ1) is 17.0. The summed E-state index contributed by atoms with van der Waals surface area (Å²) in [5.74, 6) is -1.46. The van der Waals surface area contributed by atoms with Crippen molar-refractivity contribution >= 4 is 17.8 Å². The molecule has 1 atom stereocenters. The van der Waals surface area contributed by atoms with Gasteiger partial charge in [0.05, 0.1) is 0 Å². The van der Waals surface area contributed by atoms with Crippen molar-refractivity contribution in [3.63, 3.8) is 0 Å². The molecule has 1 aliphatic rings. The topological polar surface area (TPSA) is 86.7 Å². The highest BCUT2D eigenvalue weighted by atomic mass is 16.4. The maximum atomic E-state index is 12.5. The van der Waals surface area contributed by atoms with Crippen molar-refractivity contribution in [1.82, 2.24) is 10.2 Å². The van der Waals surface area contributed by atoms with Gasteiger partial charge in [0.25, 0.3) is 11.8 Å². The highest BCUT2D eigenvalue weighted by Gasteiger charge is 2.32. The minimum atomic E-state index is -0.967. The Kier molecular flexibility index (Phi) is 5.36. The van der Waals surface area contributed by atoms with Crippen LogP contribution >= 0.6 is 0 Å². The molecule has 0 radical (unpaired) electrons. The lowest BCUT2D eigenvalue weighted by molar-refractivity contribution is -0.143. The van der Waals surface area contributed by atoms with E-state index in [1.54, 1.807) is 24.3 Å². The number of carboxylic acid groups (broad SMARTS) is 1. The molecule has 1 heterocycles. The van der Waals surface area contributed by atoms with Gasteiger partial charge in [-0.2, -0.15) is 0 Å². The number of carbonyl (C=O) groups is 3. The second kappa shape index (κ2) is 7.26. The summed E-state index contributed by atoms with van der Waals surface area (Å²) in [5.41, 5.74) is 0.878. The third-order valence-electron chi connectivity index (χ3n) is 3.86. The van der Waals surface area contributed by atoms with Gasteiger partial charge in [0, 0.05) is 23.7 Å². The molecule has 1 aliphatic heterocycles. The van der Waals surface area contributed by atoms with E-state index in [1.165, 1.54) is 4.90 Å². The number of hydrogen-bond donors (Lipinski definition) is 2. The van der Waals surface area contributed by atoms with E-state index in [0.717, 1.165) is 12.8 Å². The van der Waals surface area contributed by atoms with Gasteiger partial charge in [-0.1, -0.05) is 0 Å². The number of piperidine rings is 1. The maximum Gasteiger partial charge on any atom is 0.326 e. The zero-order chi connectivity index (χ0) is 17.0. The number of carbonyl (C=O) groups excluding carboxylic acids is 2. The number of hydrogen-bond acceptors (Lipinski definition) is 3. The molecule has 124 valence electrons. The molecule has 1 aromatic rings. The van der Waals surface area contributed by atoms with E-state index in [1.807, 2.05) is 13.8 Å². The van der Waals surface area contributed by atoms with Crippen LogP contribution < -0.4 is 5.32 Å². The fraction of sp³-hybridized carbons (Fsp3) is 0.471. The van der Waals surface area contributed by atoms with Crippen molar-refractivity contribution in [1.29, 1.82) is 0 Å². The fourth-order valence-electron chi connectivity index (χ4n) is 2.71. The minimum absolute atomic E-state index is 0.0356. The molecule has 0 aliphatic carbocycles. The van der Waals surface area contributed by atoms with Gasteiger partial charge < -0.3 is 15.3 Å². The number of rotatable bonds is 4. The summed E-state index contributed by atoms with van der Waals surface area (Å²) in [6, 6.07) is 5.60. The lowest BCUT2D eigenvalue weighted by Crippen LogP contribution is -2.48. The molecular weight excluding hydrogens is 296 g/mol. The smallest absolute Gasteiger partial charge is 0.326 e. The molecule has 1 aromatic carbocycles. The van der Waals surface area contributed by atoms with E-state index in [2.05, 4.69) is 5.32 Å². The summed E-state index contributed by atoms with van der Waals surface area (Å²) in [6.07, 6.45) is 2.11. The van der Waals surface area contributed by atoms with Crippen LogP contribution in [0.2, 0.25) is 0 Å². The lowest BCUT2D eigenvalue weighted by Gasteiger charge is -2.33. The first-order valence-corrected chi connectivity index (χ1v) is 7.85. The third kappa shape index (κ3) is 4.09. The van der Waals surface area contributed by atoms with Gasteiger partial charge in [-0.25, -0.2) is 4.79 Å². The summed E-state index contributed by atoms with van der Waals surface area (Å²) >= 11 is 0. The Hall–Kier alpha value is -2.37. The fourth-order valence-corrected chi connectivity index (χ4v) is 2.71. The van der Waals surface area contributed by atoms with Crippen LogP contribution in [0.15, 0.2) is 24.3 Å². The summed E-state index contributed by atoms with van der Waals surface area (Å²) in [4.78, 5) is 37.1. The van der Waals surface area contributed by atoms with Crippen molar-refractivity contribution in [2.24, 2.45) is 0 Å². The molecule has 6 heteroatoms. The highest BCUT2D eigenvalue weighted by Crippen LogP contribution is 2.20. The standard InChI is InChI=1S/C17H22N2O4/c1-11(2)18-15(20)12-6-8-13(9-7-12)16(21)19-10-4-3-5-14(19)17(22)23/h6-9,11,14H,3-5,10H2,1-2H3,(H,18,20)(H,22,23). The Morgan fingerprint density at radius 1 is 1.13 bits per heavy atom. The van der Waals surface area contributed by atoms with Gasteiger partial charge in [-0.15, -0.1) is 0 Å². The largest absolute Gasteiger partial charge is 0.480 e. The number of amides is 2. The number of carboxylic acids is 1. The summed E-state index contributed by atoms with van der Waals surface area (Å²) < 4.78 is 0. The SMILES string of the molecule is CC(C)NC(=O)c1ccc(C(=O)N2CCCCC2C(=O)O)cc1. The quantitative estimate of drug-likeness (QED) is 0.888. The molecule has 1 unspecified atom stereocenters. The molecular formula is C17H22N2O4. The van der Waals surface area contributed by atoms with Gasteiger partial charge in [0.2, 0.25) is 0 Å². The Balaban J connectivity index is 2.13. The number of nitrogens with zero attached hydrogens (tertiary/aromatic N) is 1. The monoisotopic (exact) mass is 318 g/mol. The Morgan fingerprint density at radius 3 is 2.30 bits per heavy atom. The van der Waals surface area contributed by atoms with Crippen molar-refractivity contribution in [2.75, 3.05) is 6.54 Å². The highest BCUT2D eigenvalue weighted by molar-refractivity contribution is 5.99. The molecule has 6 nitrogen and oxygen atoms in total. The second-order valence-electron chi connectivity index (χ2n) is 6.05. The molecule has 2 rings (SSSR count).